The number of aromatic nitrogens is 1. The second-order valence-corrected chi connectivity index (χ2v) is 4.93. The fraction of sp³-hybridized carbons (Fsp3) is 0.385. The molecule has 0 bridgehead atoms. The van der Waals surface area contributed by atoms with Crippen molar-refractivity contribution in [2.75, 3.05) is 16.8 Å². The van der Waals surface area contributed by atoms with Gasteiger partial charge in [0.2, 0.25) is 0 Å². The van der Waals surface area contributed by atoms with Crippen LogP contribution in [0.3, 0.4) is 0 Å². The number of hydrogen-bond donors (Lipinski definition) is 1. The van der Waals surface area contributed by atoms with Gasteiger partial charge in [0, 0.05) is 12.7 Å². The normalized spacial score (nSPS) is 18.4. The van der Waals surface area contributed by atoms with E-state index in [-0.39, 0.29) is 6.04 Å². The standard InChI is InChI=1S/C13H17N3S/c1-9(2)5-7-16-10(3)13(17)15-11-8-14-6-4-12(11)16/h4-6,8,10H,7H2,1-3H3,(H,15,17). The Kier molecular flexibility index (Phi) is 3.43. The minimum Gasteiger partial charge on any atom is -0.357 e. The van der Waals surface area contributed by atoms with Gasteiger partial charge in [-0.15, -0.1) is 0 Å². The Morgan fingerprint density at radius 1 is 1.59 bits per heavy atom. The maximum absolute atomic E-state index is 5.36. The average Bonchev–Trinajstić information content (AvgIpc) is 2.29. The van der Waals surface area contributed by atoms with E-state index in [0.717, 1.165) is 17.2 Å². The lowest BCUT2D eigenvalue weighted by molar-refractivity contribution is 0.808. The molecule has 0 fully saturated rings. The highest BCUT2D eigenvalue weighted by Crippen LogP contribution is 2.31. The lowest BCUT2D eigenvalue weighted by Gasteiger charge is -2.37. The van der Waals surface area contributed by atoms with Crippen molar-refractivity contribution in [1.82, 2.24) is 4.98 Å². The third-order valence-electron chi connectivity index (χ3n) is 2.91. The Hall–Kier alpha value is -1.42. The molecule has 1 N–H and O–H groups in total. The molecule has 4 heteroatoms. The summed E-state index contributed by atoms with van der Waals surface area (Å²) in [5.74, 6) is 0. The van der Waals surface area contributed by atoms with Crippen molar-refractivity contribution < 1.29 is 0 Å². The number of nitrogens with zero attached hydrogens (tertiary/aromatic N) is 2. The lowest BCUT2D eigenvalue weighted by atomic mass is 10.1. The summed E-state index contributed by atoms with van der Waals surface area (Å²) in [6.45, 7) is 7.22. The van der Waals surface area contributed by atoms with Crippen LogP contribution < -0.4 is 10.2 Å². The van der Waals surface area contributed by atoms with Gasteiger partial charge >= 0.3 is 0 Å². The number of pyridine rings is 1. The van der Waals surface area contributed by atoms with Crippen LogP contribution >= 0.6 is 12.2 Å². The number of anilines is 2. The van der Waals surface area contributed by atoms with Crippen LogP contribution in [0.2, 0.25) is 0 Å². The van der Waals surface area contributed by atoms with Crippen molar-refractivity contribution in [3.05, 3.63) is 30.1 Å². The molecule has 1 unspecified atom stereocenters. The smallest absolute Gasteiger partial charge is 0.102 e. The maximum Gasteiger partial charge on any atom is 0.102 e. The Morgan fingerprint density at radius 3 is 3.06 bits per heavy atom. The summed E-state index contributed by atoms with van der Waals surface area (Å²) in [6, 6.07) is 2.25. The monoisotopic (exact) mass is 247 g/mol. The minimum absolute atomic E-state index is 0.218. The van der Waals surface area contributed by atoms with Gasteiger partial charge in [-0.2, -0.15) is 0 Å². The molecule has 0 aromatic carbocycles. The molecule has 90 valence electrons. The predicted octanol–water partition coefficient (Wildman–Crippen LogP) is 3.00. The van der Waals surface area contributed by atoms with Crippen LogP contribution in [0.15, 0.2) is 30.1 Å². The summed E-state index contributed by atoms with van der Waals surface area (Å²) in [7, 11) is 0. The fourth-order valence-electron chi connectivity index (χ4n) is 1.86. The summed E-state index contributed by atoms with van der Waals surface area (Å²) < 4.78 is 0. The Morgan fingerprint density at radius 2 is 2.35 bits per heavy atom. The summed E-state index contributed by atoms with van der Waals surface area (Å²) in [5, 5.41) is 3.23. The summed E-state index contributed by atoms with van der Waals surface area (Å²) in [5.41, 5.74) is 3.48. The zero-order chi connectivity index (χ0) is 12.4. The Labute approximate surface area is 108 Å². The Balaban J connectivity index is 2.35. The van der Waals surface area contributed by atoms with Crippen molar-refractivity contribution in [1.29, 1.82) is 0 Å². The van der Waals surface area contributed by atoms with E-state index >= 15 is 0 Å². The van der Waals surface area contributed by atoms with E-state index in [1.54, 1.807) is 0 Å². The molecule has 1 aliphatic heterocycles. The second kappa shape index (κ2) is 4.84. The number of fused-ring (bicyclic) bond motifs is 1. The van der Waals surface area contributed by atoms with E-state index < -0.39 is 0 Å². The van der Waals surface area contributed by atoms with E-state index in [1.165, 1.54) is 11.3 Å². The Bertz CT molecular complexity index is 463. The van der Waals surface area contributed by atoms with Gasteiger partial charge in [0.1, 0.15) is 4.99 Å². The number of allylic oxidation sites excluding steroid dienone is 1. The molecule has 1 aromatic heterocycles. The molecule has 0 aliphatic carbocycles. The van der Waals surface area contributed by atoms with Crippen molar-refractivity contribution in [2.24, 2.45) is 0 Å². The molecule has 1 aromatic rings. The van der Waals surface area contributed by atoms with Crippen LogP contribution in [0.4, 0.5) is 11.4 Å². The molecule has 1 aliphatic rings. The highest BCUT2D eigenvalue weighted by Gasteiger charge is 2.25. The minimum atomic E-state index is 0.218. The van der Waals surface area contributed by atoms with Crippen molar-refractivity contribution >= 4 is 28.6 Å². The van der Waals surface area contributed by atoms with Gasteiger partial charge in [0.05, 0.1) is 23.6 Å². The van der Waals surface area contributed by atoms with Gasteiger partial charge in [0.15, 0.2) is 0 Å². The summed E-state index contributed by atoms with van der Waals surface area (Å²) in [4.78, 5) is 7.27. The van der Waals surface area contributed by atoms with E-state index in [2.05, 4.69) is 42.0 Å². The quantitative estimate of drug-likeness (QED) is 0.642. The predicted molar refractivity (Wildman–Crippen MR) is 76.7 cm³/mol. The topological polar surface area (TPSA) is 28.2 Å². The first-order valence-electron chi connectivity index (χ1n) is 5.74. The third-order valence-corrected chi connectivity index (χ3v) is 3.35. The van der Waals surface area contributed by atoms with Gasteiger partial charge in [0.25, 0.3) is 0 Å². The van der Waals surface area contributed by atoms with E-state index in [0.29, 0.717) is 0 Å². The van der Waals surface area contributed by atoms with Crippen molar-refractivity contribution in [3.8, 4) is 0 Å². The number of thiocarbonyl (C=S) groups is 1. The molecule has 1 atom stereocenters. The van der Waals surface area contributed by atoms with Crippen molar-refractivity contribution in [2.45, 2.75) is 26.8 Å². The van der Waals surface area contributed by atoms with Gasteiger partial charge in [-0.1, -0.05) is 23.9 Å². The molecule has 0 saturated carbocycles. The van der Waals surface area contributed by atoms with Crippen LogP contribution in [0.5, 0.6) is 0 Å². The first-order chi connectivity index (χ1) is 8.09. The van der Waals surface area contributed by atoms with Crippen LogP contribution in [-0.2, 0) is 0 Å². The second-order valence-electron chi connectivity index (χ2n) is 4.49. The van der Waals surface area contributed by atoms with Crippen LogP contribution in [0.1, 0.15) is 20.8 Å². The van der Waals surface area contributed by atoms with Crippen LogP contribution in [-0.4, -0.2) is 22.6 Å². The fourth-order valence-corrected chi connectivity index (χ4v) is 2.10. The number of hydrogen-bond acceptors (Lipinski definition) is 3. The number of rotatable bonds is 2. The van der Waals surface area contributed by atoms with Gasteiger partial charge in [-0.3, -0.25) is 4.98 Å². The van der Waals surface area contributed by atoms with Crippen molar-refractivity contribution in [3.63, 3.8) is 0 Å². The zero-order valence-electron chi connectivity index (χ0n) is 10.4. The SMILES string of the molecule is CC(C)=CCN1c2ccncc2NC(=S)C1C. The molecule has 2 heterocycles. The highest BCUT2D eigenvalue weighted by atomic mass is 32.1. The number of nitrogens with one attached hydrogen (secondary N) is 1. The molecule has 0 saturated heterocycles. The lowest BCUT2D eigenvalue weighted by Crippen LogP contribution is -2.45. The van der Waals surface area contributed by atoms with Gasteiger partial charge in [-0.05, 0) is 26.8 Å². The van der Waals surface area contributed by atoms with Crippen LogP contribution in [0.25, 0.3) is 0 Å². The summed E-state index contributed by atoms with van der Waals surface area (Å²) in [6.07, 6.45) is 5.86. The average molecular weight is 247 g/mol. The highest BCUT2D eigenvalue weighted by molar-refractivity contribution is 7.80. The first-order valence-corrected chi connectivity index (χ1v) is 6.15. The zero-order valence-corrected chi connectivity index (χ0v) is 11.2. The largest absolute Gasteiger partial charge is 0.357 e. The molecule has 17 heavy (non-hydrogen) atoms. The molecule has 2 rings (SSSR count). The van der Waals surface area contributed by atoms with Gasteiger partial charge in [-0.25, -0.2) is 0 Å². The first kappa shape index (κ1) is 12.0. The molecular formula is C13H17N3S. The summed E-state index contributed by atoms with van der Waals surface area (Å²) >= 11 is 5.36. The van der Waals surface area contributed by atoms with E-state index in [1.807, 2.05) is 18.5 Å². The molecule has 3 nitrogen and oxygen atoms in total. The van der Waals surface area contributed by atoms with E-state index in [4.69, 9.17) is 12.2 Å². The maximum atomic E-state index is 5.36. The van der Waals surface area contributed by atoms with Gasteiger partial charge < -0.3 is 10.2 Å². The van der Waals surface area contributed by atoms with E-state index in [9.17, 15) is 0 Å². The molecule has 0 spiro atoms. The third kappa shape index (κ3) is 2.47. The molecular weight excluding hydrogens is 230 g/mol. The van der Waals surface area contributed by atoms with Crippen LogP contribution in [0, 0.1) is 0 Å². The molecule has 0 radical (unpaired) electrons. The molecule has 0 amide bonds.